The lowest BCUT2D eigenvalue weighted by Crippen LogP contribution is -1.89. The molecule has 0 spiro atoms. The summed E-state index contributed by atoms with van der Waals surface area (Å²) in [6, 6.07) is 29.7. The van der Waals surface area contributed by atoms with Gasteiger partial charge in [-0.2, -0.15) is 0 Å². The Morgan fingerprint density at radius 3 is 1.40 bits per heavy atom. The minimum Gasteiger partial charge on any atom is -0.378 e. The molecule has 0 aliphatic carbocycles. The van der Waals surface area contributed by atoms with Crippen LogP contribution in [-0.2, 0) is 17.4 Å². The van der Waals surface area contributed by atoms with E-state index in [9.17, 15) is 4.57 Å². The number of benzene rings is 3. The lowest BCUT2D eigenvalue weighted by atomic mass is 10.0. The van der Waals surface area contributed by atoms with E-state index in [0.717, 1.165) is 12.8 Å². The predicted octanol–water partition coefficient (Wildman–Crippen LogP) is 4.62. The smallest absolute Gasteiger partial charge is 0.221 e. The summed E-state index contributed by atoms with van der Waals surface area (Å²) >= 11 is 0. The van der Waals surface area contributed by atoms with Gasteiger partial charge in [0, 0.05) is 0 Å². The van der Waals surface area contributed by atoms with E-state index in [4.69, 9.17) is 10.00 Å². The second kappa shape index (κ2) is 10.6. The molecule has 3 nitrogen and oxygen atoms in total. The van der Waals surface area contributed by atoms with E-state index in [0.29, 0.717) is 5.56 Å². The summed E-state index contributed by atoms with van der Waals surface area (Å²) in [5.74, 6) is -1.22. The first-order valence-electron chi connectivity index (χ1n) is 8.20. The lowest BCUT2D eigenvalue weighted by molar-refractivity contribution is 0.243. The highest BCUT2D eigenvalue weighted by Gasteiger charge is 2.10. The van der Waals surface area contributed by atoms with Crippen LogP contribution in [0.2, 0.25) is 0 Å². The van der Waals surface area contributed by atoms with Gasteiger partial charge in [-0.05, 0) is 29.5 Å². The van der Waals surface area contributed by atoms with Crippen molar-refractivity contribution in [3.8, 4) is 0 Å². The zero-order valence-corrected chi connectivity index (χ0v) is 15.0. The van der Waals surface area contributed by atoms with Gasteiger partial charge >= 0.3 is 0 Å². The Balaban J connectivity index is 0.000000186. The van der Waals surface area contributed by atoms with E-state index < -0.39 is 13.9 Å². The molecule has 3 rings (SSSR count). The number of hydrogen-bond donors (Lipinski definition) is 2. The molecule has 4 heteroatoms. The van der Waals surface area contributed by atoms with Crippen molar-refractivity contribution in [3.05, 3.63) is 108 Å². The number of hydrogen-bond acceptors (Lipinski definition) is 2. The van der Waals surface area contributed by atoms with Gasteiger partial charge in [0.1, 0.15) is 0 Å². The highest BCUT2D eigenvalue weighted by molar-refractivity contribution is 7.38. The van der Waals surface area contributed by atoms with E-state index in [1.54, 1.807) is 30.3 Å². The second-order valence-corrected chi connectivity index (χ2v) is 6.85. The largest absolute Gasteiger partial charge is 0.378 e. The first kappa shape index (κ1) is 19.1. The molecule has 0 aliphatic heterocycles. The van der Waals surface area contributed by atoms with Crippen LogP contribution in [0.25, 0.3) is 0 Å². The standard InChI is InChI=1S/C14H14.C7H9O3P/c1-3-7-13(8-4-1)11-12-14-9-5-2-6-10-14;8-7(11(9)10)6-4-2-1-3-5-6/h1-10H,11-12H2;1-5,7-8,11H,(H,9,10). The number of aliphatic hydroxyl groups excluding tert-OH is 1. The van der Waals surface area contributed by atoms with Crippen LogP contribution >= 0.6 is 8.03 Å². The van der Waals surface area contributed by atoms with Crippen LogP contribution in [0.1, 0.15) is 22.5 Å². The SMILES string of the molecule is O=[PH](O)C(O)c1ccccc1.c1ccc(CCc2ccccc2)cc1. The van der Waals surface area contributed by atoms with Crippen molar-refractivity contribution >= 4 is 8.03 Å². The van der Waals surface area contributed by atoms with Gasteiger partial charge in [0.05, 0.1) is 0 Å². The summed E-state index contributed by atoms with van der Waals surface area (Å²) < 4.78 is 10.4. The third-order valence-corrected chi connectivity index (χ3v) is 4.54. The van der Waals surface area contributed by atoms with Crippen LogP contribution in [0, 0.1) is 0 Å². The minimum absolute atomic E-state index is 0.485. The molecule has 0 saturated heterocycles. The van der Waals surface area contributed by atoms with E-state index in [1.165, 1.54) is 11.1 Å². The zero-order chi connectivity index (χ0) is 17.9. The highest BCUT2D eigenvalue weighted by atomic mass is 31.1. The molecular weight excluding hydrogens is 331 g/mol. The maximum atomic E-state index is 10.4. The fraction of sp³-hybridized carbons (Fsp3) is 0.143. The van der Waals surface area contributed by atoms with Crippen molar-refractivity contribution in [2.24, 2.45) is 0 Å². The van der Waals surface area contributed by atoms with Crippen LogP contribution in [0.5, 0.6) is 0 Å². The normalized spacial score (nSPS) is 12.6. The Morgan fingerprint density at radius 1 is 0.680 bits per heavy atom. The van der Waals surface area contributed by atoms with Crippen LogP contribution in [0.4, 0.5) is 0 Å². The summed E-state index contributed by atoms with van der Waals surface area (Å²) in [5, 5.41) is 9.08. The van der Waals surface area contributed by atoms with Crippen molar-refractivity contribution in [2.45, 2.75) is 18.7 Å². The fourth-order valence-corrected chi connectivity index (χ4v) is 2.83. The van der Waals surface area contributed by atoms with Crippen molar-refractivity contribution in [1.29, 1.82) is 0 Å². The summed E-state index contributed by atoms with van der Waals surface area (Å²) in [5.41, 5.74) is 3.31. The highest BCUT2D eigenvalue weighted by Crippen LogP contribution is 2.34. The van der Waals surface area contributed by atoms with E-state index in [-0.39, 0.29) is 0 Å². The molecule has 0 aliphatic rings. The maximum absolute atomic E-state index is 10.4. The number of aliphatic hydroxyl groups is 1. The molecule has 0 heterocycles. The molecule has 0 bridgehead atoms. The molecule has 0 aromatic heterocycles. The van der Waals surface area contributed by atoms with Gasteiger partial charge in [-0.25, -0.2) is 0 Å². The Hall–Kier alpha value is -2.19. The van der Waals surface area contributed by atoms with E-state index >= 15 is 0 Å². The second-order valence-electron chi connectivity index (χ2n) is 5.62. The molecule has 2 unspecified atom stereocenters. The molecule has 2 N–H and O–H groups in total. The van der Waals surface area contributed by atoms with Gasteiger partial charge in [-0.15, -0.1) is 0 Å². The zero-order valence-electron chi connectivity index (χ0n) is 14.0. The summed E-state index contributed by atoms with van der Waals surface area (Å²) in [6.45, 7) is 0. The van der Waals surface area contributed by atoms with E-state index in [1.807, 2.05) is 0 Å². The van der Waals surface area contributed by atoms with Crippen molar-refractivity contribution in [2.75, 3.05) is 0 Å². The average molecular weight is 354 g/mol. The predicted molar refractivity (Wildman–Crippen MR) is 103 cm³/mol. The average Bonchev–Trinajstić information content (AvgIpc) is 2.68. The first-order valence-corrected chi connectivity index (χ1v) is 9.64. The number of rotatable bonds is 5. The quantitative estimate of drug-likeness (QED) is 0.658. The monoisotopic (exact) mass is 354 g/mol. The summed E-state index contributed by atoms with van der Waals surface area (Å²) in [4.78, 5) is 8.57. The van der Waals surface area contributed by atoms with Crippen molar-refractivity contribution in [3.63, 3.8) is 0 Å². The molecular formula is C21H23O3P. The molecule has 0 radical (unpaired) electrons. The molecule has 0 fully saturated rings. The van der Waals surface area contributed by atoms with Gasteiger partial charge in [0.2, 0.25) is 8.03 Å². The van der Waals surface area contributed by atoms with Gasteiger partial charge in [-0.3, -0.25) is 4.57 Å². The van der Waals surface area contributed by atoms with Crippen LogP contribution in [-0.4, -0.2) is 10.00 Å². The molecule has 0 amide bonds. The van der Waals surface area contributed by atoms with Gasteiger partial charge in [-0.1, -0.05) is 91.0 Å². The topological polar surface area (TPSA) is 57.5 Å². The van der Waals surface area contributed by atoms with Gasteiger partial charge in [0.25, 0.3) is 0 Å². The Bertz CT molecular complexity index is 706. The molecule has 3 aromatic carbocycles. The van der Waals surface area contributed by atoms with Crippen LogP contribution in [0.15, 0.2) is 91.0 Å². The van der Waals surface area contributed by atoms with Gasteiger partial charge in [0.15, 0.2) is 5.85 Å². The first-order chi connectivity index (χ1) is 12.2. The molecule has 130 valence electrons. The Morgan fingerprint density at radius 2 is 1.04 bits per heavy atom. The lowest BCUT2D eigenvalue weighted by Gasteiger charge is -2.04. The van der Waals surface area contributed by atoms with Crippen molar-refractivity contribution < 1.29 is 14.6 Å². The maximum Gasteiger partial charge on any atom is 0.221 e. The summed E-state index contributed by atoms with van der Waals surface area (Å²) in [6.07, 6.45) is 2.26. The Kier molecular flexibility index (Phi) is 8.14. The molecule has 2 atom stereocenters. The molecule has 3 aromatic rings. The summed E-state index contributed by atoms with van der Waals surface area (Å²) in [7, 11) is -2.86. The van der Waals surface area contributed by atoms with E-state index in [2.05, 4.69) is 60.7 Å². The minimum atomic E-state index is -2.86. The molecule has 25 heavy (non-hydrogen) atoms. The molecule has 0 saturated carbocycles. The fourth-order valence-electron chi connectivity index (χ4n) is 2.36. The van der Waals surface area contributed by atoms with Crippen molar-refractivity contribution in [1.82, 2.24) is 0 Å². The van der Waals surface area contributed by atoms with Crippen LogP contribution in [0.3, 0.4) is 0 Å². The third-order valence-electron chi connectivity index (χ3n) is 3.74. The third kappa shape index (κ3) is 7.06. The number of aryl methyl sites for hydroxylation is 2. The Labute approximate surface area is 149 Å². The van der Waals surface area contributed by atoms with Gasteiger partial charge < -0.3 is 10.00 Å². The van der Waals surface area contributed by atoms with Crippen LogP contribution < -0.4 is 0 Å².